The van der Waals surface area contributed by atoms with Gasteiger partial charge in [0.1, 0.15) is 0 Å². The second-order valence-electron chi connectivity index (χ2n) is 5.45. The highest BCUT2D eigenvalue weighted by Gasteiger charge is 2.27. The lowest BCUT2D eigenvalue weighted by Crippen LogP contribution is -2.41. The van der Waals surface area contributed by atoms with Crippen LogP contribution in [-0.2, 0) is 4.79 Å². The standard InChI is InChI=1S/C16H16Cl2N4O/c17-12-4-5-14(13(18)9-12)21-15(23)11-3-1-8-22(10-11)16-19-6-2-7-20-16/h2,4-7,9,11H,1,3,8,10H2,(H,21,23)/t11-/m1/s1. The molecule has 2 heterocycles. The van der Waals surface area contributed by atoms with Crippen LogP contribution in [0.1, 0.15) is 12.8 Å². The molecule has 0 saturated carbocycles. The van der Waals surface area contributed by atoms with E-state index < -0.39 is 0 Å². The van der Waals surface area contributed by atoms with Crippen LogP contribution in [-0.4, -0.2) is 29.0 Å². The van der Waals surface area contributed by atoms with Crippen LogP contribution >= 0.6 is 23.2 Å². The number of nitrogens with zero attached hydrogens (tertiary/aromatic N) is 3. The molecule has 1 aliphatic rings. The van der Waals surface area contributed by atoms with E-state index in [0.717, 1.165) is 19.4 Å². The number of benzene rings is 1. The number of anilines is 2. The van der Waals surface area contributed by atoms with Crippen LogP contribution in [0.5, 0.6) is 0 Å². The van der Waals surface area contributed by atoms with Crippen molar-refractivity contribution in [2.24, 2.45) is 5.92 Å². The van der Waals surface area contributed by atoms with Crippen LogP contribution in [0.2, 0.25) is 10.0 Å². The number of piperidine rings is 1. The van der Waals surface area contributed by atoms with E-state index in [2.05, 4.69) is 15.3 Å². The Balaban J connectivity index is 1.67. The molecule has 2 aromatic rings. The fraction of sp³-hybridized carbons (Fsp3) is 0.312. The van der Waals surface area contributed by atoms with Gasteiger partial charge >= 0.3 is 0 Å². The average Bonchev–Trinajstić information content (AvgIpc) is 2.58. The zero-order valence-corrected chi connectivity index (χ0v) is 13.9. The maximum Gasteiger partial charge on any atom is 0.229 e. The van der Waals surface area contributed by atoms with E-state index in [1.165, 1.54) is 0 Å². The van der Waals surface area contributed by atoms with E-state index in [1.54, 1.807) is 36.7 Å². The van der Waals surface area contributed by atoms with Gasteiger partial charge in [0.05, 0.1) is 16.6 Å². The molecule has 1 atom stereocenters. The zero-order valence-electron chi connectivity index (χ0n) is 12.4. The Bertz CT molecular complexity index is 696. The summed E-state index contributed by atoms with van der Waals surface area (Å²) in [7, 11) is 0. The molecule has 0 spiro atoms. The van der Waals surface area contributed by atoms with Gasteiger partial charge in [-0.25, -0.2) is 9.97 Å². The first-order valence-electron chi connectivity index (χ1n) is 7.41. The quantitative estimate of drug-likeness (QED) is 0.917. The molecule has 1 aromatic heterocycles. The van der Waals surface area contributed by atoms with Crippen molar-refractivity contribution >= 4 is 40.7 Å². The molecule has 120 valence electrons. The summed E-state index contributed by atoms with van der Waals surface area (Å²) in [6, 6.07) is 6.81. The number of aromatic nitrogens is 2. The molecule has 7 heteroatoms. The molecule has 1 aromatic carbocycles. The number of carbonyl (C=O) groups excluding carboxylic acids is 1. The first kappa shape index (κ1) is 16.0. The van der Waals surface area contributed by atoms with E-state index in [1.807, 2.05) is 4.90 Å². The van der Waals surface area contributed by atoms with Gasteiger partial charge in [-0.2, -0.15) is 0 Å². The molecule has 0 bridgehead atoms. The highest BCUT2D eigenvalue weighted by molar-refractivity contribution is 6.36. The average molecular weight is 351 g/mol. The lowest BCUT2D eigenvalue weighted by Gasteiger charge is -2.31. The number of carbonyl (C=O) groups is 1. The lowest BCUT2D eigenvalue weighted by molar-refractivity contribution is -0.120. The molecule has 1 saturated heterocycles. The third-order valence-corrected chi connectivity index (χ3v) is 4.36. The number of rotatable bonds is 3. The fourth-order valence-electron chi connectivity index (χ4n) is 2.65. The monoisotopic (exact) mass is 350 g/mol. The maximum atomic E-state index is 12.5. The van der Waals surface area contributed by atoms with Crippen molar-refractivity contribution < 1.29 is 4.79 Å². The highest BCUT2D eigenvalue weighted by atomic mass is 35.5. The van der Waals surface area contributed by atoms with Crippen LogP contribution in [0.25, 0.3) is 0 Å². The summed E-state index contributed by atoms with van der Waals surface area (Å²) >= 11 is 12.0. The summed E-state index contributed by atoms with van der Waals surface area (Å²) in [6.45, 7) is 1.45. The minimum absolute atomic E-state index is 0.0464. The third-order valence-electron chi connectivity index (χ3n) is 3.82. The number of halogens is 2. The van der Waals surface area contributed by atoms with Crippen LogP contribution in [0.15, 0.2) is 36.7 Å². The van der Waals surface area contributed by atoms with Crippen molar-refractivity contribution in [1.29, 1.82) is 0 Å². The predicted molar refractivity (Wildman–Crippen MR) is 92.1 cm³/mol. The molecule has 0 radical (unpaired) electrons. The topological polar surface area (TPSA) is 58.1 Å². The van der Waals surface area contributed by atoms with Gasteiger partial charge in [-0.15, -0.1) is 0 Å². The van der Waals surface area contributed by atoms with E-state index >= 15 is 0 Å². The SMILES string of the molecule is O=C(Nc1ccc(Cl)cc1Cl)[C@@H]1CCCN(c2ncccn2)C1. The van der Waals surface area contributed by atoms with Gasteiger partial charge in [0, 0.05) is 30.5 Å². The predicted octanol–water partition coefficient (Wildman–Crippen LogP) is 3.64. The first-order chi connectivity index (χ1) is 11.1. The lowest BCUT2D eigenvalue weighted by atomic mass is 9.97. The van der Waals surface area contributed by atoms with Gasteiger partial charge < -0.3 is 10.2 Å². The molecular formula is C16H16Cl2N4O. The van der Waals surface area contributed by atoms with Crippen molar-refractivity contribution in [3.63, 3.8) is 0 Å². The molecule has 1 fully saturated rings. The third kappa shape index (κ3) is 3.92. The van der Waals surface area contributed by atoms with Gasteiger partial charge in [0.15, 0.2) is 0 Å². The van der Waals surface area contributed by atoms with E-state index in [0.29, 0.717) is 28.2 Å². The molecule has 5 nitrogen and oxygen atoms in total. The Morgan fingerprint density at radius 3 is 2.78 bits per heavy atom. The summed E-state index contributed by atoms with van der Waals surface area (Å²) in [5.41, 5.74) is 0.578. The van der Waals surface area contributed by atoms with Crippen LogP contribution < -0.4 is 10.2 Å². The minimum atomic E-state index is -0.126. The minimum Gasteiger partial charge on any atom is -0.340 e. The Kier molecular flexibility index (Phi) is 4.98. The number of hydrogen-bond donors (Lipinski definition) is 1. The molecule has 0 unspecified atom stereocenters. The Morgan fingerprint density at radius 1 is 1.26 bits per heavy atom. The van der Waals surface area contributed by atoms with Gasteiger partial charge in [-0.3, -0.25) is 4.79 Å². The Morgan fingerprint density at radius 2 is 2.04 bits per heavy atom. The molecule has 1 amide bonds. The fourth-order valence-corrected chi connectivity index (χ4v) is 3.11. The number of hydrogen-bond acceptors (Lipinski definition) is 4. The van der Waals surface area contributed by atoms with Crippen LogP contribution in [0.3, 0.4) is 0 Å². The van der Waals surface area contributed by atoms with Crippen molar-refractivity contribution in [2.45, 2.75) is 12.8 Å². The second kappa shape index (κ2) is 7.15. The number of nitrogens with one attached hydrogen (secondary N) is 1. The molecule has 1 N–H and O–H groups in total. The maximum absolute atomic E-state index is 12.5. The summed E-state index contributed by atoms with van der Waals surface area (Å²) in [5, 5.41) is 3.86. The molecule has 0 aliphatic carbocycles. The molecule has 1 aliphatic heterocycles. The van der Waals surface area contributed by atoms with Gasteiger partial charge in [0.2, 0.25) is 11.9 Å². The largest absolute Gasteiger partial charge is 0.340 e. The first-order valence-corrected chi connectivity index (χ1v) is 8.17. The van der Waals surface area contributed by atoms with Crippen molar-refractivity contribution in [3.8, 4) is 0 Å². The van der Waals surface area contributed by atoms with Crippen molar-refractivity contribution in [2.75, 3.05) is 23.3 Å². The van der Waals surface area contributed by atoms with Gasteiger partial charge in [-0.05, 0) is 37.1 Å². The summed E-state index contributed by atoms with van der Waals surface area (Å²) in [6.07, 6.45) is 5.17. The molecule has 3 rings (SSSR count). The molecule has 23 heavy (non-hydrogen) atoms. The van der Waals surface area contributed by atoms with E-state index in [4.69, 9.17) is 23.2 Å². The second-order valence-corrected chi connectivity index (χ2v) is 6.29. The Labute approximate surface area is 144 Å². The highest BCUT2D eigenvalue weighted by Crippen LogP contribution is 2.27. The van der Waals surface area contributed by atoms with Gasteiger partial charge in [0.25, 0.3) is 0 Å². The van der Waals surface area contributed by atoms with Crippen LogP contribution in [0, 0.1) is 5.92 Å². The summed E-state index contributed by atoms with van der Waals surface area (Å²) in [5.74, 6) is 0.490. The Hall–Kier alpha value is -1.85. The summed E-state index contributed by atoms with van der Waals surface area (Å²) < 4.78 is 0. The van der Waals surface area contributed by atoms with E-state index in [-0.39, 0.29) is 11.8 Å². The normalized spacial score (nSPS) is 17.8. The van der Waals surface area contributed by atoms with Crippen molar-refractivity contribution in [3.05, 3.63) is 46.7 Å². The zero-order chi connectivity index (χ0) is 16.2. The smallest absolute Gasteiger partial charge is 0.229 e. The number of amides is 1. The van der Waals surface area contributed by atoms with E-state index in [9.17, 15) is 4.79 Å². The van der Waals surface area contributed by atoms with Gasteiger partial charge in [-0.1, -0.05) is 23.2 Å². The summed E-state index contributed by atoms with van der Waals surface area (Å²) in [4.78, 5) is 23.1. The van der Waals surface area contributed by atoms with Crippen LogP contribution in [0.4, 0.5) is 11.6 Å². The van der Waals surface area contributed by atoms with Crippen molar-refractivity contribution in [1.82, 2.24) is 9.97 Å². The molecular weight excluding hydrogens is 335 g/mol.